The number of rotatable bonds is 5. The van der Waals surface area contributed by atoms with Gasteiger partial charge in [-0.1, -0.05) is 19.3 Å². The number of aliphatic carboxylic acids is 1. The molecule has 2 aromatic rings. The maximum Gasteiger partial charge on any atom is 0.328 e. The third kappa shape index (κ3) is 4.13. The fourth-order valence-corrected chi connectivity index (χ4v) is 3.37. The minimum absolute atomic E-state index is 0.214. The molecule has 1 saturated carbocycles. The summed E-state index contributed by atoms with van der Waals surface area (Å²) in [6.45, 7) is 2.16. The number of carboxylic acids is 1. The highest BCUT2D eigenvalue weighted by Gasteiger charge is 2.21. The number of benzene rings is 1. The molecular formula is C20H23NO3. The molecule has 1 N–H and O–H groups in total. The molecule has 0 bridgehead atoms. The second-order valence-electron chi connectivity index (χ2n) is 6.52. The van der Waals surface area contributed by atoms with E-state index in [4.69, 9.17) is 9.84 Å². The van der Waals surface area contributed by atoms with E-state index in [-0.39, 0.29) is 6.10 Å². The van der Waals surface area contributed by atoms with Crippen molar-refractivity contribution in [3.8, 4) is 5.75 Å². The maximum atomic E-state index is 10.6. The van der Waals surface area contributed by atoms with Gasteiger partial charge in [-0.15, -0.1) is 0 Å². The van der Waals surface area contributed by atoms with Crippen LogP contribution in [0, 0.1) is 5.92 Å². The van der Waals surface area contributed by atoms with E-state index < -0.39 is 5.97 Å². The number of pyridine rings is 1. The molecule has 0 spiro atoms. The maximum absolute atomic E-state index is 10.6. The van der Waals surface area contributed by atoms with Crippen LogP contribution < -0.4 is 4.74 Å². The molecule has 1 aliphatic rings. The Labute approximate surface area is 142 Å². The van der Waals surface area contributed by atoms with Crippen LogP contribution in [0.1, 0.15) is 44.6 Å². The van der Waals surface area contributed by atoms with Crippen molar-refractivity contribution < 1.29 is 14.6 Å². The highest BCUT2D eigenvalue weighted by atomic mass is 16.5. The van der Waals surface area contributed by atoms with Crippen LogP contribution in [0.2, 0.25) is 0 Å². The SMILES string of the molecule is CC(Oc1ccc2ncc(/C=C/C(=O)O)cc2c1)C1CCCCC1. The molecular weight excluding hydrogens is 302 g/mol. The van der Waals surface area contributed by atoms with Gasteiger partial charge >= 0.3 is 5.97 Å². The predicted octanol–water partition coefficient (Wildman–Crippen LogP) is 4.68. The Morgan fingerprint density at radius 2 is 2.08 bits per heavy atom. The number of carbonyl (C=O) groups is 1. The van der Waals surface area contributed by atoms with Crippen molar-refractivity contribution in [3.05, 3.63) is 42.1 Å². The number of aromatic nitrogens is 1. The van der Waals surface area contributed by atoms with Gasteiger partial charge in [-0.25, -0.2) is 4.79 Å². The summed E-state index contributed by atoms with van der Waals surface area (Å²) in [5.74, 6) is 0.521. The zero-order chi connectivity index (χ0) is 16.9. The Hall–Kier alpha value is -2.36. The average molecular weight is 325 g/mol. The van der Waals surface area contributed by atoms with E-state index >= 15 is 0 Å². The van der Waals surface area contributed by atoms with Crippen LogP contribution in [0.3, 0.4) is 0 Å². The number of hydrogen-bond donors (Lipinski definition) is 1. The van der Waals surface area contributed by atoms with E-state index in [2.05, 4.69) is 11.9 Å². The molecule has 0 saturated heterocycles. The Morgan fingerprint density at radius 1 is 1.29 bits per heavy atom. The lowest BCUT2D eigenvalue weighted by molar-refractivity contribution is -0.131. The van der Waals surface area contributed by atoms with E-state index in [9.17, 15) is 4.79 Å². The lowest BCUT2D eigenvalue weighted by Crippen LogP contribution is -2.25. The Kier molecular flexibility index (Phi) is 5.14. The van der Waals surface area contributed by atoms with Gasteiger partial charge in [0.25, 0.3) is 0 Å². The zero-order valence-electron chi connectivity index (χ0n) is 13.9. The predicted molar refractivity (Wildman–Crippen MR) is 95.1 cm³/mol. The van der Waals surface area contributed by atoms with Gasteiger partial charge in [-0.2, -0.15) is 0 Å². The standard InChI is InChI=1S/C20H23NO3/c1-14(16-5-3-2-4-6-16)24-18-8-9-19-17(12-18)11-15(13-21-19)7-10-20(22)23/h7-14,16H,2-6H2,1H3,(H,22,23)/b10-7+. The van der Waals surface area contributed by atoms with Gasteiger partial charge in [0.15, 0.2) is 0 Å². The first-order valence-corrected chi connectivity index (χ1v) is 8.59. The fourth-order valence-electron chi connectivity index (χ4n) is 3.37. The molecule has 0 aliphatic heterocycles. The highest BCUT2D eigenvalue weighted by molar-refractivity contribution is 5.87. The summed E-state index contributed by atoms with van der Waals surface area (Å²) >= 11 is 0. The molecule has 4 heteroatoms. The molecule has 24 heavy (non-hydrogen) atoms. The van der Waals surface area contributed by atoms with Crippen LogP contribution in [0.25, 0.3) is 17.0 Å². The topological polar surface area (TPSA) is 59.4 Å². The second kappa shape index (κ2) is 7.47. The normalized spacial score (nSPS) is 17.2. The molecule has 1 fully saturated rings. The molecule has 1 aromatic heterocycles. The number of nitrogens with zero attached hydrogens (tertiary/aromatic N) is 1. The van der Waals surface area contributed by atoms with E-state index in [1.165, 1.54) is 32.1 Å². The molecule has 3 rings (SSSR count). The van der Waals surface area contributed by atoms with Crippen LogP contribution >= 0.6 is 0 Å². The largest absolute Gasteiger partial charge is 0.490 e. The van der Waals surface area contributed by atoms with Crippen molar-refractivity contribution in [3.63, 3.8) is 0 Å². The van der Waals surface area contributed by atoms with Crippen molar-refractivity contribution in [2.24, 2.45) is 5.92 Å². The fraction of sp³-hybridized carbons (Fsp3) is 0.400. The molecule has 1 unspecified atom stereocenters. The first-order valence-electron chi connectivity index (χ1n) is 8.59. The molecule has 0 radical (unpaired) electrons. The van der Waals surface area contributed by atoms with E-state index in [1.54, 1.807) is 12.3 Å². The van der Waals surface area contributed by atoms with Crippen molar-refractivity contribution in [1.29, 1.82) is 0 Å². The molecule has 0 amide bonds. The van der Waals surface area contributed by atoms with E-state index in [0.29, 0.717) is 5.92 Å². The van der Waals surface area contributed by atoms with Gasteiger partial charge in [0.1, 0.15) is 5.75 Å². The first kappa shape index (κ1) is 16.5. The number of fused-ring (bicyclic) bond motifs is 1. The summed E-state index contributed by atoms with van der Waals surface area (Å²) in [6, 6.07) is 7.82. The summed E-state index contributed by atoms with van der Waals surface area (Å²) < 4.78 is 6.16. The molecule has 1 heterocycles. The lowest BCUT2D eigenvalue weighted by Gasteiger charge is -2.28. The van der Waals surface area contributed by atoms with Gasteiger partial charge in [0.2, 0.25) is 0 Å². The summed E-state index contributed by atoms with van der Waals surface area (Å²) in [6.07, 6.45) is 11.0. The summed E-state index contributed by atoms with van der Waals surface area (Å²) in [7, 11) is 0. The van der Waals surface area contributed by atoms with Crippen molar-refractivity contribution >= 4 is 22.9 Å². The lowest BCUT2D eigenvalue weighted by atomic mass is 9.86. The van der Waals surface area contributed by atoms with Crippen LogP contribution in [0.5, 0.6) is 5.75 Å². The highest BCUT2D eigenvalue weighted by Crippen LogP contribution is 2.29. The summed E-state index contributed by atoms with van der Waals surface area (Å²) in [5.41, 5.74) is 1.64. The minimum Gasteiger partial charge on any atom is -0.490 e. The van der Waals surface area contributed by atoms with Gasteiger partial charge in [-0.3, -0.25) is 4.98 Å². The van der Waals surface area contributed by atoms with Crippen LogP contribution in [0.15, 0.2) is 36.5 Å². The summed E-state index contributed by atoms with van der Waals surface area (Å²) in [4.78, 5) is 15.0. The second-order valence-corrected chi connectivity index (χ2v) is 6.52. The third-order valence-corrected chi connectivity index (χ3v) is 4.73. The Morgan fingerprint density at radius 3 is 2.83 bits per heavy atom. The molecule has 126 valence electrons. The molecule has 1 aromatic carbocycles. The quantitative estimate of drug-likeness (QED) is 0.811. The first-order chi connectivity index (χ1) is 11.6. The monoisotopic (exact) mass is 325 g/mol. The van der Waals surface area contributed by atoms with Gasteiger partial charge in [0, 0.05) is 17.7 Å². The third-order valence-electron chi connectivity index (χ3n) is 4.73. The van der Waals surface area contributed by atoms with Crippen molar-refractivity contribution in [2.75, 3.05) is 0 Å². The van der Waals surface area contributed by atoms with Gasteiger partial charge < -0.3 is 9.84 Å². The van der Waals surface area contributed by atoms with Crippen LogP contribution in [-0.2, 0) is 4.79 Å². The Balaban J connectivity index is 1.77. The Bertz CT molecular complexity index is 748. The van der Waals surface area contributed by atoms with Crippen molar-refractivity contribution in [1.82, 2.24) is 4.98 Å². The molecule has 1 aliphatic carbocycles. The van der Waals surface area contributed by atoms with Gasteiger partial charge in [0.05, 0.1) is 11.6 Å². The van der Waals surface area contributed by atoms with Gasteiger partial charge in [-0.05, 0) is 61.6 Å². The van der Waals surface area contributed by atoms with Crippen molar-refractivity contribution in [2.45, 2.75) is 45.1 Å². The molecule has 4 nitrogen and oxygen atoms in total. The number of ether oxygens (including phenoxy) is 1. The average Bonchev–Trinajstić information content (AvgIpc) is 2.60. The van der Waals surface area contributed by atoms with E-state index in [1.807, 2.05) is 24.3 Å². The van der Waals surface area contributed by atoms with E-state index in [0.717, 1.165) is 28.3 Å². The van der Waals surface area contributed by atoms with Crippen LogP contribution in [-0.4, -0.2) is 22.2 Å². The smallest absolute Gasteiger partial charge is 0.328 e. The molecule has 1 atom stereocenters. The summed E-state index contributed by atoms with van der Waals surface area (Å²) in [5, 5.41) is 9.68. The zero-order valence-corrected chi connectivity index (χ0v) is 13.9. The number of carboxylic acid groups (broad SMARTS) is 1. The van der Waals surface area contributed by atoms with Crippen LogP contribution in [0.4, 0.5) is 0 Å². The number of hydrogen-bond acceptors (Lipinski definition) is 3. The minimum atomic E-state index is -0.964.